The van der Waals surface area contributed by atoms with Crippen molar-refractivity contribution >= 4 is 18.1 Å². The van der Waals surface area contributed by atoms with Crippen LogP contribution in [0.25, 0.3) is 5.69 Å². The molecule has 0 aliphatic rings. The lowest BCUT2D eigenvalue weighted by molar-refractivity contribution is -0.142. The van der Waals surface area contributed by atoms with Crippen LogP contribution < -0.4 is 19.6 Å². The van der Waals surface area contributed by atoms with Crippen molar-refractivity contribution < 1.29 is 33.0 Å². The molecule has 218 valence electrons. The molecule has 10 nitrogen and oxygen atoms in total. The Morgan fingerprint density at radius 1 is 1.00 bits per heavy atom. The van der Waals surface area contributed by atoms with E-state index in [1.807, 2.05) is 24.3 Å². The number of benzene rings is 2. The quantitative estimate of drug-likeness (QED) is 0.100. The second-order valence-electron chi connectivity index (χ2n) is 9.27. The Labute approximate surface area is 244 Å². The number of aryl methyl sites for hydroxylation is 2. The van der Waals surface area contributed by atoms with Gasteiger partial charge in [0.1, 0.15) is 18.1 Å². The highest BCUT2D eigenvalue weighted by Gasteiger charge is 2.15. The van der Waals surface area contributed by atoms with Gasteiger partial charge in [0.15, 0.2) is 23.9 Å². The number of hydrogen-bond acceptors (Lipinski definition) is 8. The molecule has 2 heterocycles. The van der Waals surface area contributed by atoms with E-state index in [9.17, 15) is 9.59 Å². The Balaban J connectivity index is 1.35. The molecule has 0 aliphatic carbocycles. The summed E-state index contributed by atoms with van der Waals surface area (Å²) in [5.41, 5.74) is 7.18. The van der Waals surface area contributed by atoms with Crippen LogP contribution in [0.3, 0.4) is 0 Å². The third-order valence-electron chi connectivity index (χ3n) is 6.31. The number of carbonyl (C=O) groups excluding carboxylic acids is 2. The second-order valence-corrected chi connectivity index (χ2v) is 9.27. The zero-order valence-corrected chi connectivity index (χ0v) is 24.0. The van der Waals surface area contributed by atoms with Crippen molar-refractivity contribution in [1.29, 1.82) is 0 Å². The Kier molecular flexibility index (Phi) is 9.83. The number of aromatic nitrogens is 1. The van der Waals surface area contributed by atoms with E-state index in [4.69, 9.17) is 18.6 Å². The van der Waals surface area contributed by atoms with Gasteiger partial charge in [0.25, 0.3) is 0 Å². The van der Waals surface area contributed by atoms with Gasteiger partial charge in [-0.15, -0.1) is 6.58 Å². The van der Waals surface area contributed by atoms with E-state index >= 15 is 0 Å². The summed E-state index contributed by atoms with van der Waals surface area (Å²) in [6, 6.07) is 18.6. The molecule has 0 saturated carbocycles. The van der Waals surface area contributed by atoms with Crippen molar-refractivity contribution in [1.82, 2.24) is 9.99 Å². The van der Waals surface area contributed by atoms with E-state index in [2.05, 4.69) is 52.4 Å². The Morgan fingerprint density at radius 3 is 2.40 bits per heavy atom. The van der Waals surface area contributed by atoms with Crippen LogP contribution in [-0.2, 0) is 22.6 Å². The van der Waals surface area contributed by atoms with Gasteiger partial charge < -0.3 is 27.9 Å². The first kappa shape index (κ1) is 29.7. The molecule has 0 fully saturated rings. The zero-order chi connectivity index (χ0) is 30.1. The van der Waals surface area contributed by atoms with Crippen LogP contribution in [0.15, 0.2) is 82.8 Å². The van der Waals surface area contributed by atoms with E-state index in [-0.39, 0.29) is 19.0 Å². The fourth-order valence-electron chi connectivity index (χ4n) is 4.29. The van der Waals surface area contributed by atoms with E-state index in [0.717, 1.165) is 22.6 Å². The molecule has 0 radical (unpaired) electrons. The normalized spacial score (nSPS) is 10.9. The highest BCUT2D eigenvalue weighted by atomic mass is 16.6. The average molecular weight is 572 g/mol. The van der Waals surface area contributed by atoms with Gasteiger partial charge in [-0.25, -0.2) is 10.2 Å². The predicted molar refractivity (Wildman–Crippen MR) is 158 cm³/mol. The third-order valence-corrected chi connectivity index (χ3v) is 6.31. The van der Waals surface area contributed by atoms with Crippen LogP contribution >= 0.6 is 0 Å². The zero-order valence-electron chi connectivity index (χ0n) is 24.0. The van der Waals surface area contributed by atoms with Crippen LogP contribution in [0, 0.1) is 13.8 Å². The lowest BCUT2D eigenvalue weighted by Gasteiger charge is -2.15. The summed E-state index contributed by atoms with van der Waals surface area (Å²) < 4.78 is 29.3. The largest absolute Gasteiger partial charge is 0.493 e. The van der Waals surface area contributed by atoms with Crippen molar-refractivity contribution in [2.24, 2.45) is 5.10 Å². The molecule has 0 spiro atoms. The highest BCUT2D eigenvalue weighted by molar-refractivity contribution is 5.92. The number of rotatable bonds is 13. The number of ether oxygens (including phenoxy) is 4. The number of nitrogens with zero attached hydrogens (tertiary/aromatic N) is 2. The van der Waals surface area contributed by atoms with Gasteiger partial charge >= 0.3 is 11.9 Å². The molecule has 1 N–H and O–H groups in total. The van der Waals surface area contributed by atoms with Crippen LogP contribution in [0.1, 0.15) is 38.8 Å². The summed E-state index contributed by atoms with van der Waals surface area (Å²) in [5, 5.41) is 4.04. The minimum atomic E-state index is -0.518. The summed E-state index contributed by atoms with van der Waals surface area (Å²) in [6.07, 6.45) is 3.61. The van der Waals surface area contributed by atoms with Crippen molar-refractivity contribution in [3.8, 4) is 22.9 Å². The smallest absolute Gasteiger partial charge is 0.343 e. The minimum absolute atomic E-state index is 0.0936. The second kappa shape index (κ2) is 13.9. The molecule has 0 unspecified atom stereocenters. The maximum atomic E-state index is 12.6. The fraction of sp³-hybridized carbons (Fsp3) is 0.219. The first-order valence-electron chi connectivity index (χ1n) is 13.1. The molecule has 0 bridgehead atoms. The van der Waals surface area contributed by atoms with Gasteiger partial charge in [-0.3, -0.25) is 4.79 Å². The number of furan rings is 1. The Hall–Kier alpha value is -5.25. The summed E-state index contributed by atoms with van der Waals surface area (Å²) in [7, 11) is 2.77. The molecule has 4 aromatic rings. The Bertz CT molecular complexity index is 1560. The van der Waals surface area contributed by atoms with Gasteiger partial charge in [-0.2, -0.15) is 5.10 Å². The molecule has 2 aromatic carbocycles. The molecular formula is C32H33N3O7. The standard InChI is InChI=1S/C32H33N3O7/c1-6-7-24-16-23(17-29(38-4)31(24)41-20-30(36)39-5)18-33-34-32(37)28-15-14-27(42-28)19-40-26-12-10-25(11-13-26)35-21(2)8-9-22(35)3/h6,8-18H,1,7,19-20H2,2-5H3,(H,34,37)/b33-18+. The molecule has 0 aliphatic heterocycles. The van der Waals surface area contributed by atoms with Crippen LogP contribution in [-0.4, -0.2) is 43.5 Å². The number of hydrogen-bond donors (Lipinski definition) is 1. The summed E-state index contributed by atoms with van der Waals surface area (Å²) in [6.45, 7) is 7.78. The molecule has 0 atom stereocenters. The summed E-state index contributed by atoms with van der Waals surface area (Å²) >= 11 is 0. The van der Waals surface area contributed by atoms with E-state index in [0.29, 0.717) is 35.0 Å². The van der Waals surface area contributed by atoms with Gasteiger partial charge in [0, 0.05) is 22.6 Å². The van der Waals surface area contributed by atoms with Gasteiger partial charge in [-0.1, -0.05) is 6.08 Å². The average Bonchev–Trinajstić information content (AvgIpc) is 3.61. The van der Waals surface area contributed by atoms with Crippen molar-refractivity contribution in [2.45, 2.75) is 26.9 Å². The third kappa shape index (κ3) is 7.28. The Morgan fingerprint density at radius 2 is 1.74 bits per heavy atom. The molecule has 10 heteroatoms. The maximum Gasteiger partial charge on any atom is 0.343 e. The number of methoxy groups -OCH3 is 2. The monoisotopic (exact) mass is 571 g/mol. The number of carbonyl (C=O) groups is 2. The highest BCUT2D eigenvalue weighted by Crippen LogP contribution is 2.33. The van der Waals surface area contributed by atoms with Crippen molar-refractivity contribution in [3.05, 3.63) is 107 Å². The maximum absolute atomic E-state index is 12.6. The van der Waals surface area contributed by atoms with Crippen LogP contribution in [0.5, 0.6) is 17.2 Å². The van der Waals surface area contributed by atoms with Gasteiger partial charge in [0.05, 0.1) is 20.4 Å². The minimum Gasteiger partial charge on any atom is -0.493 e. The first-order valence-corrected chi connectivity index (χ1v) is 13.1. The van der Waals surface area contributed by atoms with Gasteiger partial charge in [-0.05, 0) is 86.5 Å². The van der Waals surface area contributed by atoms with Crippen LogP contribution in [0.2, 0.25) is 0 Å². The summed E-state index contributed by atoms with van der Waals surface area (Å²) in [4.78, 5) is 24.1. The fourth-order valence-corrected chi connectivity index (χ4v) is 4.29. The molecule has 42 heavy (non-hydrogen) atoms. The van der Waals surface area contributed by atoms with Crippen LogP contribution in [0.4, 0.5) is 0 Å². The van der Waals surface area contributed by atoms with Crippen molar-refractivity contribution in [3.63, 3.8) is 0 Å². The topological polar surface area (TPSA) is 114 Å². The van der Waals surface area contributed by atoms with E-state index in [1.165, 1.54) is 20.4 Å². The number of amides is 1. The lowest BCUT2D eigenvalue weighted by atomic mass is 10.1. The number of nitrogens with one attached hydrogen (secondary N) is 1. The van der Waals surface area contributed by atoms with Gasteiger partial charge in [0.2, 0.25) is 0 Å². The molecular weight excluding hydrogens is 538 g/mol. The molecule has 1 amide bonds. The molecule has 2 aromatic heterocycles. The summed E-state index contributed by atoms with van der Waals surface area (Å²) in [5.74, 6) is 1.03. The number of esters is 1. The molecule has 4 rings (SSSR count). The van der Waals surface area contributed by atoms with E-state index in [1.54, 1.807) is 30.3 Å². The van der Waals surface area contributed by atoms with Crippen molar-refractivity contribution in [2.75, 3.05) is 20.8 Å². The number of hydrazone groups is 1. The predicted octanol–water partition coefficient (Wildman–Crippen LogP) is 5.32. The first-order chi connectivity index (χ1) is 20.3. The molecule has 0 saturated heterocycles. The van der Waals surface area contributed by atoms with E-state index < -0.39 is 11.9 Å². The SMILES string of the molecule is C=CCc1cc(/C=N/NC(=O)c2ccc(COc3ccc(-n4c(C)ccc4C)cc3)o2)cc(OC)c1OCC(=O)OC. The number of allylic oxidation sites excluding steroid dienone is 1. The lowest BCUT2D eigenvalue weighted by Crippen LogP contribution is -2.17.